The molecule has 0 aromatic heterocycles. The van der Waals surface area contributed by atoms with Gasteiger partial charge >= 0.3 is 6.03 Å². The van der Waals surface area contributed by atoms with E-state index in [2.05, 4.69) is 5.32 Å². The van der Waals surface area contributed by atoms with Crippen molar-refractivity contribution < 1.29 is 9.59 Å². The number of halogens is 1. The van der Waals surface area contributed by atoms with E-state index in [1.807, 2.05) is 0 Å². The summed E-state index contributed by atoms with van der Waals surface area (Å²) >= 11 is 0. The number of hydrogen-bond donors (Lipinski definition) is 2. The van der Waals surface area contributed by atoms with E-state index in [1.54, 1.807) is 16.7 Å². The largest absolute Gasteiger partial charge is 0.338 e. The first-order valence-corrected chi connectivity index (χ1v) is 7.67. The predicted molar refractivity (Wildman–Crippen MR) is 84.5 cm³/mol. The zero-order chi connectivity index (χ0) is 14.5. The normalized spacial score (nSPS) is 21.4. The van der Waals surface area contributed by atoms with E-state index in [9.17, 15) is 9.59 Å². The molecule has 0 aromatic rings. The third-order valence-electron chi connectivity index (χ3n) is 4.20. The molecule has 2 fully saturated rings. The van der Waals surface area contributed by atoms with Gasteiger partial charge in [-0.05, 0) is 19.8 Å². The number of nitrogens with one attached hydrogen (secondary N) is 1. The monoisotopic (exact) mass is 318 g/mol. The van der Waals surface area contributed by atoms with Crippen LogP contribution in [0.15, 0.2) is 0 Å². The molecule has 21 heavy (non-hydrogen) atoms. The van der Waals surface area contributed by atoms with Gasteiger partial charge in [-0.3, -0.25) is 4.79 Å². The Kier molecular flexibility index (Phi) is 7.25. The molecule has 0 unspecified atom stereocenters. The highest BCUT2D eigenvalue weighted by Gasteiger charge is 2.26. The smallest absolute Gasteiger partial charge is 0.317 e. The summed E-state index contributed by atoms with van der Waals surface area (Å²) in [6.45, 7) is 4.05. The van der Waals surface area contributed by atoms with Gasteiger partial charge in [0.25, 0.3) is 0 Å². The lowest BCUT2D eigenvalue weighted by molar-refractivity contribution is -0.133. The maximum atomic E-state index is 12.2. The molecule has 6 nitrogen and oxygen atoms in total. The summed E-state index contributed by atoms with van der Waals surface area (Å²) in [4.78, 5) is 27.5. The summed E-state index contributed by atoms with van der Waals surface area (Å²) in [7, 11) is 0. The Morgan fingerprint density at radius 2 is 1.57 bits per heavy atom. The van der Waals surface area contributed by atoms with Gasteiger partial charge in [-0.1, -0.05) is 19.3 Å². The van der Waals surface area contributed by atoms with Gasteiger partial charge in [0.1, 0.15) is 0 Å². The molecule has 0 bridgehead atoms. The van der Waals surface area contributed by atoms with Crippen molar-refractivity contribution in [1.82, 2.24) is 15.1 Å². The number of piperazine rings is 1. The summed E-state index contributed by atoms with van der Waals surface area (Å²) in [6.07, 6.45) is 5.89. The third kappa shape index (κ3) is 5.04. The van der Waals surface area contributed by atoms with Crippen LogP contribution in [0, 0.1) is 0 Å². The molecule has 1 saturated heterocycles. The van der Waals surface area contributed by atoms with Crippen LogP contribution in [0.5, 0.6) is 0 Å². The Bertz CT molecular complexity index is 351. The maximum absolute atomic E-state index is 12.2. The molecule has 2 rings (SSSR count). The van der Waals surface area contributed by atoms with Crippen molar-refractivity contribution in [2.24, 2.45) is 5.73 Å². The fourth-order valence-electron chi connectivity index (χ4n) is 2.93. The number of carbonyl (C=O) groups excluding carboxylic acids is 2. The highest BCUT2D eigenvalue weighted by atomic mass is 35.5. The van der Waals surface area contributed by atoms with E-state index >= 15 is 0 Å². The van der Waals surface area contributed by atoms with E-state index in [0.29, 0.717) is 32.2 Å². The lowest BCUT2D eigenvalue weighted by Gasteiger charge is -2.36. The first-order valence-electron chi connectivity index (χ1n) is 7.67. The number of amides is 3. The highest BCUT2D eigenvalue weighted by Crippen LogP contribution is 2.17. The number of rotatable bonds is 2. The average Bonchev–Trinajstić information content (AvgIpc) is 2.47. The Morgan fingerprint density at radius 1 is 1.05 bits per heavy atom. The fourth-order valence-corrected chi connectivity index (χ4v) is 2.93. The van der Waals surface area contributed by atoms with E-state index < -0.39 is 6.04 Å². The zero-order valence-corrected chi connectivity index (χ0v) is 13.5. The molecule has 122 valence electrons. The number of urea groups is 1. The first kappa shape index (κ1) is 18.0. The number of nitrogens with two attached hydrogens (primary N) is 1. The maximum Gasteiger partial charge on any atom is 0.317 e. The van der Waals surface area contributed by atoms with Crippen molar-refractivity contribution in [1.29, 1.82) is 0 Å². The molecule has 3 amide bonds. The van der Waals surface area contributed by atoms with Crippen LogP contribution in [0.1, 0.15) is 39.0 Å². The van der Waals surface area contributed by atoms with Gasteiger partial charge in [-0.25, -0.2) is 4.79 Å². The lowest BCUT2D eigenvalue weighted by atomic mass is 9.96. The van der Waals surface area contributed by atoms with E-state index in [1.165, 1.54) is 19.3 Å². The third-order valence-corrected chi connectivity index (χ3v) is 4.20. The molecular formula is C14H27ClN4O2. The Labute approximate surface area is 132 Å². The Balaban J connectivity index is 0.00000220. The van der Waals surface area contributed by atoms with E-state index in [4.69, 9.17) is 5.73 Å². The molecular weight excluding hydrogens is 292 g/mol. The number of carbonyl (C=O) groups is 2. The molecule has 7 heteroatoms. The molecule has 0 radical (unpaired) electrons. The van der Waals surface area contributed by atoms with Gasteiger partial charge in [0, 0.05) is 32.2 Å². The van der Waals surface area contributed by atoms with Gasteiger partial charge in [-0.15, -0.1) is 12.4 Å². The zero-order valence-electron chi connectivity index (χ0n) is 12.7. The van der Waals surface area contributed by atoms with Crippen LogP contribution in [0.25, 0.3) is 0 Å². The SMILES string of the molecule is C[C@H](N)C(=O)N1CCN(C(=O)NC2CCCCC2)CC1.Cl. The summed E-state index contributed by atoms with van der Waals surface area (Å²) in [5, 5.41) is 3.11. The van der Waals surface area contributed by atoms with Crippen LogP contribution in [0.3, 0.4) is 0 Å². The quantitative estimate of drug-likeness (QED) is 0.795. The van der Waals surface area contributed by atoms with E-state index in [-0.39, 0.29) is 24.3 Å². The average molecular weight is 319 g/mol. The molecule has 3 N–H and O–H groups in total. The molecule has 1 aliphatic carbocycles. The van der Waals surface area contributed by atoms with Crippen LogP contribution in [-0.2, 0) is 4.79 Å². The summed E-state index contributed by atoms with van der Waals surface area (Å²) in [5.41, 5.74) is 5.60. The summed E-state index contributed by atoms with van der Waals surface area (Å²) in [6, 6.07) is -0.109. The summed E-state index contributed by atoms with van der Waals surface area (Å²) in [5.74, 6) is -0.0302. The first-order chi connectivity index (χ1) is 9.58. The second-order valence-electron chi connectivity index (χ2n) is 5.89. The second kappa shape index (κ2) is 8.44. The van der Waals surface area contributed by atoms with Gasteiger partial charge in [0.05, 0.1) is 6.04 Å². The Hall–Kier alpha value is -1.01. The molecule has 1 aliphatic heterocycles. The second-order valence-corrected chi connectivity index (χ2v) is 5.89. The van der Waals surface area contributed by atoms with Gasteiger partial charge in [0.2, 0.25) is 5.91 Å². The molecule has 1 heterocycles. The minimum absolute atomic E-state index is 0. The van der Waals surface area contributed by atoms with Gasteiger partial charge < -0.3 is 20.9 Å². The van der Waals surface area contributed by atoms with Gasteiger partial charge in [-0.2, -0.15) is 0 Å². The number of nitrogens with zero attached hydrogens (tertiary/aromatic N) is 2. The van der Waals surface area contributed by atoms with Crippen molar-refractivity contribution in [3.05, 3.63) is 0 Å². The van der Waals surface area contributed by atoms with Crippen LogP contribution in [0.4, 0.5) is 4.79 Å². The topological polar surface area (TPSA) is 78.7 Å². The van der Waals surface area contributed by atoms with Crippen LogP contribution in [-0.4, -0.2) is 60.0 Å². The van der Waals surface area contributed by atoms with Crippen LogP contribution in [0.2, 0.25) is 0 Å². The highest BCUT2D eigenvalue weighted by molar-refractivity contribution is 5.85. The minimum atomic E-state index is -0.461. The van der Waals surface area contributed by atoms with Crippen molar-refractivity contribution in [3.63, 3.8) is 0 Å². The molecule has 0 aromatic carbocycles. The Morgan fingerprint density at radius 3 is 2.10 bits per heavy atom. The van der Waals surface area contributed by atoms with Crippen molar-refractivity contribution >= 4 is 24.3 Å². The minimum Gasteiger partial charge on any atom is -0.338 e. The molecule has 1 saturated carbocycles. The van der Waals surface area contributed by atoms with Gasteiger partial charge in [0.15, 0.2) is 0 Å². The number of hydrogen-bond acceptors (Lipinski definition) is 3. The van der Waals surface area contributed by atoms with Crippen LogP contribution < -0.4 is 11.1 Å². The molecule has 0 spiro atoms. The van der Waals surface area contributed by atoms with Crippen LogP contribution >= 0.6 is 12.4 Å². The standard InChI is InChI=1S/C14H26N4O2.ClH/c1-11(15)13(19)17-7-9-18(10-8-17)14(20)16-12-5-3-2-4-6-12;/h11-12H,2-10,15H2,1H3,(H,16,20);1H/t11-;/m0./s1. The fraction of sp³-hybridized carbons (Fsp3) is 0.857. The van der Waals surface area contributed by atoms with E-state index in [0.717, 1.165) is 12.8 Å². The predicted octanol–water partition coefficient (Wildman–Crippen LogP) is 0.942. The summed E-state index contributed by atoms with van der Waals surface area (Å²) < 4.78 is 0. The lowest BCUT2D eigenvalue weighted by Crippen LogP contribution is -2.56. The van der Waals surface area contributed by atoms with Crippen molar-refractivity contribution in [2.45, 2.75) is 51.1 Å². The van der Waals surface area contributed by atoms with Crippen molar-refractivity contribution in [2.75, 3.05) is 26.2 Å². The van der Waals surface area contributed by atoms with Crippen molar-refractivity contribution in [3.8, 4) is 0 Å². The molecule has 2 aliphatic rings. The molecule has 1 atom stereocenters.